The van der Waals surface area contributed by atoms with E-state index in [0.29, 0.717) is 17.9 Å². The van der Waals surface area contributed by atoms with Crippen LogP contribution in [0.4, 0.5) is 0 Å². The van der Waals surface area contributed by atoms with Gasteiger partial charge in [-0.05, 0) is 19.1 Å². The van der Waals surface area contributed by atoms with Crippen LogP contribution in [0.5, 0.6) is 0 Å². The SMILES string of the molecule is Cc1c[nH]c(=S)n1CCOCC(N)=O. The van der Waals surface area contributed by atoms with Crippen LogP contribution in [0.2, 0.25) is 0 Å². The van der Waals surface area contributed by atoms with Crippen LogP contribution in [0.15, 0.2) is 6.20 Å². The lowest BCUT2D eigenvalue weighted by Crippen LogP contribution is -2.19. The first-order valence-electron chi connectivity index (χ1n) is 4.22. The first-order chi connectivity index (χ1) is 6.61. The molecule has 1 aromatic rings. The topological polar surface area (TPSA) is 73.0 Å². The van der Waals surface area contributed by atoms with Gasteiger partial charge in [-0.25, -0.2) is 0 Å². The minimum absolute atomic E-state index is 0.0448. The van der Waals surface area contributed by atoms with Gasteiger partial charge in [0, 0.05) is 18.4 Å². The molecule has 1 heterocycles. The number of aromatic amines is 1. The van der Waals surface area contributed by atoms with E-state index in [1.807, 2.05) is 17.7 Å². The second-order valence-electron chi connectivity index (χ2n) is 2.91. The second kappa shape index (κ2) is 4.92. The Hall–Kier alpha value is -1.14. The Kier molecular flexibility index (Phi) is 3.84. The molecule has 0 aliphatic rings. The number of nitrogens with zero attached hydrogens (tertiary/aromatic N) is 1. The fourth-order valence-electron chi connectivity index (χ4n) is 1.09. The molecule has 0 radical (unpaired) electrons. The molecule has 0 aliphatic carbocycles. The molecule has 78 valence electrons. The van der Waals surface area contributed by atoms with Gasteiger partial charge in [-0.1, -0.05) is 0 Å². The van der Waals surface area contributed by atoms with Crippen molar-refractivity contribution in [1.29, 1.82) is 0 Å². The summed E-state index contributed by atoms with van der Waals surface area (Å²) in [5.41, 5.74) is 5.95. The van der Waals surface area contributed by atoms with E-state index in [1.54, 1.807) is 0 Å². The number of carbonyl (C=O) groups is 1. The summed E-state index contributed by atoms with van der Waals surface area (Å²) in [6.07, 6.45) is 1.83. The lowest BCUT2D eigenvalue weighted by molar-refractivity contribution is -0.122. The summed E-state index contributed by atoms with van der Waals surface area (Å²) >= 11 is 5.03. The molecule has 0 bridgehead atoms. The summed E-state index contributed by atoms with van der Waals surface area (Å²) in [6, 6.07) is 0. The van der Waals surface area contributed by atoms with Crippen molar-refractivity contribution in [3.8, 4) is 0 Å². The number of aromatic nitrogens is 2. The van der Waals surface area contributed by atoms with Crippen LogP contribution in [0.1, 0.15) is 5.69 Å². The first kappa shape index (κ1) is 10.9. The molecule has 1 aromatic heterocycles. The van der Waals surface area contributed by atoms with Crippen LogP contribution in [0, 0.1) is 11.7 Å². The average molecular weight is 215 g/mol. The molecule has 3 N–H and O–H groups in total. The quantitative estimate of drug-likeness (QED) is 0.550. The molecule has 0 fully saturated rings. The van der Waals surface area contributed by atoms with E-state index >= 15 is 0 Å². The van der Waals surface area contributed by atoms with Gasteiger partial charge >= 0.3 is 0 Å². The van der Waals surface area contributed by atoms with Crippen LogP contribution in [0.3, 0.4) is 0 Å². The van der Waals surface area contributed by atoms with E-state index in [2.05, 4.69) is 4.98 Å². The fraction of sp³-hybridized carbons (Fsp3) is 0.500. The van der Waals surface area contributed by atoms with Crippen molar-refractivity contribution in [3.63, 3.8) is 0 Å². The number of ether oxygens (including phenoxy) is 1. The van der Waals surface area contributed by atoms with E-state index in [1.165, 1.54) is 0 Å². The van der Waals surface area contributed by atoms with Crippen molar-refractivity contribution in [3.05, 3.63) is 16.7 Å². The third-order valence-corrected chi connectivity index (χ3v) is 2.12. The largest absolute Gasteiger partial charge is 0.370 e. The predicted molar refractivity (Wildman–Crippen MR) is 54.4 cm³/mol. The standard InChI is InChI=1S/C8H13N3O2S/c1-6-4-10-8(14)11(6)2-3-13-5-7(9)12/h4H,2-3,5H2,1H3,(H2,9,12)(H,10,14). The van der Waals surface area contributed by atoms with Crippen molar-refractivity contribution in [2.75, 3.05) is 13.2 Å². The Bertz CT molecular complexity index is 369. The highest BCUT2D eigenvalue weighted by Gasteiger charge is 1.99. The maximum absolute atomic E-state index is 10.4. The van der Waals surface area contributed by atoms with Crippen molar-refractivity contribution >= 4 is 18.1 Å². The molecule has 6 heteroatoms. The Morgan fingerprint density at radius 1 is 1.79 bits per heavy atom. The fourth-order valence-corrected chi connectivity index (χ4v) is 1.38. The molecule has 5 nitrogen and oxygen atoms in total. The highest BCUT2D eigenvalue weighted by atomic mass is 32.1. The van der Waals surface area contributed by atoms with E-state index in [-0.39, 0.29) is 6.61 Å². The molecule has 14 heavy (non-hydrogen) atoms. The Morgan fingerprint density at radius 2 is 2.50 bits per heavy atom. The average Bonchev–Trinajstić information content (AvgIpc) is 2.42. The van der Waals surface area contributed by atoms with Crippen LogP contribution < -0.4 is 5.73 Å². The van der Waals surface area contributed by atoms with Gasteiger partial charge < -0.3 is 20.0 Å². The zero-order valence-electron chi connectivity index (χ0n) is 7.95. The normalized spacial score (nSPS) is 10.4. The number of carbonyl (C=O) groups excluding carboxylic acids is 1. The molecule has 0 aliphatic heterocycles. The highest BCUT2D eigenvalue weighted by molar-refractivity contribution is 7.71. The number of hydrogen-bond donors (Lipinski definition) is 2. The number of nitrogens with two attached hydrogens (primary N) is 1. The minimum Gasteiger partial charge on any atom is -0.370 e. The van der Waals surface area contributed by atoms with Gasteiger partial charge in [-0.3, -0.25) is 4.79 Å². The number of H-pyrrole nitrogens is 1. The second-order valence-corrected chi connectivity index (χ2v) is 3.29. The van der Waals surface area contributed by atoms with E-state index < -0.39 is 5.91 Å². The third-order valence-electron chi connectivity index (χ3n) is 1.78. The molecule has 1 rings (SSSR count). The zero-order chi connectivity index (χ0) is 10.6. The number of rotatable bonds is 5. The van der Waals surface area contributed by atoms with Crippen LogP contribution in [-0.4, -0.2) is 28.7 Å². The molecule has 0 spiro atoms. The van der Waals surface area contributed by atoms with Crippen molar-refractivity contribution < 1.29 is 9.53 Å². The van der Waals surface area contributed by atoms with Gasteiger partial charge in [0.2, 0.25) is 5.91 Å². The maximum atomic E-state index is 10.4. The van der Waals surface area contributed by atoms with Gasteiger partial charge in [0.25, 0.3) is 0 Å². The minimum atomic E-state index is -0.459. The summed E-state index contributed by atoms with van der Waals surface area (Å²) in [4.78, 5) is 13.3. The summed E-state index contributed by atoms with van der Waals surface area (Å²) in [6.45, 7) is 2.95. The Morgan fingerprint density at radius 3 is 3.00 bits per heavy atom. The summed E-state index contributed by atoms with van der Waals surface area (Å²) in [7, 11) is 0. The molecule has 0 unspecified atom stereocenters. The molecular formula is C8H13N3O2S. The molecule has 0 aromatic carbocycles. The van der Waals surface area contributed by atoms with Gasteiger partial charge in [0.15, 0.2) is 4.77 Å². The number of aryl methyl sites for hydroxylation is 1. The number of primary amides is 1. The Labute approximate surface area is 86.9 Å². The van der Waals surface area contributed by atoms with Crippen molar-refractivity contribution in [2.24, 2.45) is 5.73 Å². The first-order valence-corrected chi connectivity index (χ1v) is 4.63. The van der Waals surface area contributed by atoms with Gasteiger partial charge in [-0.2, -0.15) is 0 Å². The van der Waals surface area contributed by atoms with E-state index in [9.17, 15) is 4.79 Å². The number of nitrogens with one attached hydrogen (secondary N) is 1. The monoisotopic (exact) mass is 215 g/mol. The highest BCUT2D eigenvalue weighted by Crippen LogP contribution is 1.98. The number of amides is 1. The molecular weight excluding hydrogens is 202 g/mol. The summed E-state index contributed by atoms with van der Waals surface area (Å²) in [5, 5.41) is 0. The van der Waals surface area contributed by atoms with E-state index in [0.717, 1.165) is 5.69 Å². The predicted octanol–water partition coefficient (Wildman–Crippen LogP) is 0.356. The van der Waals surface area contributed by atoms with Gasteiger partial charge in [0.1, 0.15) is 6.61 Å². The molecule has 0 saturated heterocycles. The Balaban J connectivity index is 2.38. The van der Waals surface area contributed by atoms with Gasteiger partial charge in [0.05, 0.1) is 6.61 Å². The lowest BCUT2D eigenvalue weighted by atomic mass is 10.5. The van der Waals surface area contributed by atoms with Crippen LogP contribution in [0.25, 0.3) is 0 Å². The smallest absolute Gasteiger partial charge is 0.243 e. The lowest BCUT2D eigenvalue weighted by Gasteiger charge is -2.04. The van der Waals surface area contributed by atoms with Crippen molar-refractivity contribution in [2.45, 2.75) is 13.5 Å². The molecule has 1 amide bonds. The van der Waals surface area contributed by atoms with Crippen LogP contribution in [-0.2, 0) is 16.1 Å². The maximum Gasteiger partial charge on any atom is 0.243 e. The zero-order valence-corrected chi connectivity index (χ0v) is 8.76. The van der Waals surface area contributed by atoms with E-state index in [4.69, 9.17) is 22.7 Å². The summed E-state index contributed by atoms with van der Waals surface area (Å²) in [5.74, 6) is -0.459. The summed E-state index contributed by atoms with van der Waals surface area (Å²) < 4.78 is 7.58. The van der Waals surface area contributed by atoms with Gasteiger partial charge in [-0.15, -0.1) is 0 Å². The van der Waals surface area contributed by atoms with Crippen LogP contribution >= 0.6 is 12.2 Å². The number of hydrogen-bond acceptors (Lipinski definition) is 3. The van der Waals surface area contributed by atoms with Crippen molar-refractivity contribution in [1.82, 2.24) is 9.55 Å². The molecule has 0 atom stereocenters. The third kappa shape index (κ3) is 2.97. The number of imidazole rings is 1. The molecule has 0 saturated carbocycles.